The van der Waals surface area contributed by atoms with E-state index in [9.17, 15) is 18.5 Å². The fraction of sp³-hybridized carbons (Fsp3) is 0.571. The molecule has 2 N–H and O–H groups in total. The molecule has 0 bridgehead atoms. The molecule has 1 aromatic carbocycles. The molecule has 2 rings (SSSR count). The highest BCUT2D eigenvalue weighted by molar-refractivity contribution is 7.89. The lowest BCUT2D eigenvalue weighted by atomic mass is 9.92. The normalized spacial score (nSPS) is 18.6. The minimum atomic E-state index is -3.76. The number of piperidine rings is 1. The van der Waals surface area contributed by atoms with Crippen molar-refractivity contribution in [1.82, 2.24) is 4.31 Å². The molecule has 1 aliphatic heterocycles. The standard InChI is InChI=1S/C14H21N3O5S/c1-10(15)11-5-7-16(8-6-11)23(20,21)12-3-4-14(22-2)13(9-12)17(18)19/h3-4,9-11H,5-8,15H2,1-2H3. The molecule has 1 heterocycles. The second-order valence-electron chi connectivity index (χ2n) is 5.69. The third-order valence-electron chi connectivity index (χ3n) is 4.23. The maximum atomic E-state index is 12.7. The third-order valence-corrected chi connectivity index (χ3v) is 6.12. The predicted molar refractivity (Wildman–Crippen MR) is 84.8 cm³/mol. The van der Waals surface area contributed by atoms with Crippen molar-refractivity contribution in [3.05, 3.63) is 28.3 Å². The van der Waals surface area contributed by atoms with E-state index in [1.165, 1.54) is 23.5 Å². The van der Waals surface area contributed by atoms with Gasteiger partial charge in [-0.25, -0.2) is 8.42 Å². The molecule has 1 atom stereocenters. The molecule has 1 fully saturated rings. The van der Waals surface area contributed by atoms with Crippen molar-refractivity contribution in [2.24, 2.45) is 11.7 Å². The van der Waals surface area contributed by atoms with E-state index in [4.69, 9.17) is 10.5 Å². The van der Waals surface area contributed by atoms with Crippen LogP contribution in [0.1, 0.15) is 19.8 Å². The summed E-state index contributed by atoms with van der Waals surface area (Å²) < 4.78 is 31.6. The minimum Gasteiger partial charge on any atom is -0.490 e. The van der Waals surface area contributed by atoms with Gasteiger partial charge in [-0.15, -0.1) is 0 Å². The number of sulfonamides is 1. The molecule has 0 amide bonds. The van der Waals surface area contributed by atoms with Gasteiger partial charge in [0, 0.05) is 25.2 Å². The van der Waals surface area contributed by atoms with E-state index in [1.54, 1.807) is 0 Å². The summed E-state index contributed by atoms with van der Waals surface area (Å²) >= 11 is 0. The van der Waals surface area contributed by atoms with Crippen LogP contribution in [0.3, 0.4) is 0 Å². The first kappa shape index (κ1) is 17.6. The van der Waals surface area contributed by atoms with Crippen molar-refractivity contribution in [3.63, 3.8) is 0 Å². The van der Waals surface area contributed by atoms with Crippen LogP contribution >= 0.6 is 0 Å². The summed E-state index contributed by atoms with van der Waals surface area (Å²) in [5, 5.41) is 11.1. The molecule has 0 aromatic heterocycles. The Morgan fingerprint density at radius 3 is 2.48 bits per heavy atom. The predicted octanol–water partition coefficient (Wildman–Crippen LogP) is 1.35. The van der Waals surface area contributed by atoms with Crippen molar-refractivity contribution in [1.29, 1.82) is 0 Å². The highest BCUT2D eigenvalue weighted by Gasteiger charge is 2.32. The lowest BCUT2D eigenvalue weighted by Crippen LogP contribution is -2.42. The molecular weight excluding hydrogens is 322 g/mol. The van der Waals surface area contributed by atoms with Gasteiger partial charge in [-0.1, -0.05) is 0 Å². The van der Waals surface area contributed by atoms with Crippen molar-refractivity contribution in [3.8, 4) is 5.75 Å². The number of nitrogens with zero attached hydrogens (tertiary/aromatic N) is 2. The smallest absolute Gasteiger partial charge is 0.312 e. The Labute approximate surface area is 135 Å². The second-order valence-corrected chi connectivity index (χ2v) is 7.63. The van der Waals surface area contributed by atoms with Gasteiger partial charge in [-0.05, 0) is 37.8 Å². The first-order valence-electron chi connectivity index (χ1n) is 7.35. The van der Waals surface area contributed by atoms with Gasteiger partial charge < -0.3 is 10.5 Å². The van der Waals surface area contributed by atoms with Crippen LogP contribution in [0.15, 0.2) is 23.1 Å². The van der Waals surface area contributed by atoms with Gasteiger partial charge >= 0.3 is 5.69 Å². The molecule has 128 valence electrons. The molecule has 1 saturated heterocycles. The second kappa shape index (κ2) is 6.81. The van der Waals surface area contributed by atoms with Crippen LogP contribution in [-0.4, -0.2) is 43.9 Å². The highest BCUT2D eigenvalue weighted by atomic mass is 32.2. The minimum absolute atomic E-state index is 0.0296. The van der Waals surface area contributed by atoms with Crippen LogP contribution in [0.2, 0.25) is 0 Å². The Kier molecular flexibility index (Phi) is 5.23. The van der Waals surface area contributed by atoms with Gasteiger partial charge in [0.2, 0.25) is 10.0 Å². The zero-order chi connectivity index (χ0) is 17.2. The van der Waals surface area contributed by atoms with Crippen LogP contribution in [0.4, 0.5) is 5.69 Å². The molecule has 23 heavy (non-hydrogen) atoms. The summed E-state index contributed by atoms with van der Waals surface area (Å²) in [6.07, 6.45) is 1.38. The number of ether oxygens (including phenoxy) is 1. The fourth-order valence-corrected chi connectivity index (χ4v) is 4.25. The average Bonchev–Trinajstić information content (AvgIpc) is 2.54. The molecule has 8 nitrogen and oxygen atoms in total. The molecule has 0 aliphatic carbocycles. The van der Waals surface area contributed by atoms with Crippen molar-refractivity contribution >= 4 is 15.7 Å². The molecule has 1 unspecified atom stereocenters. The molecule has 1 aromatic rings. The molecule has 0 spiro atoms. The van der Waals surface area contributed by atoms with Crippen molar-refractivity contribution in [2.75, 3.05) is 20.2 Å². The van der Waals surface area contributed by atoms with Gasteiger partial charge in [-0.3, -0.25) is 10.1 Å². The fourth-order valence-electron chi connectivity index (χ4n) is 2.76. The van der Waals surface area contributed by atoms with Crippen molar-refractivity contribution in [2.45, 2.75) is 30.7 Å². The summed E-state index contributed by atoms with van der Waals surface area (Å²) in [6.45, 7) is 2.66. The summed E-state index contributed by atoms with van der Waals surface area (Å²) in [5.74, 6) is 0.330. The highest BCUT2D eigenvalue weighted by Crippen LogP contribution is 2.32. The monoisotopic (exact) mass is 343 g/mol. The zero-order valence-electron chi connectivity index (χ0n) is 13.1. The van der Waals surface area contributed by atoms with Gasteiger partial charge in [0.1, 0.15) is 0 Å². The Bertz CT molecular complexity index is 682. The summed E-state index contributed by atoms with van der Waals surface area (Å²) in [4.78, 5) is 10.3. The number of hydrogen-bond acceptors (Lipinski definition) is 6. The quantitative estimate of drug-likeness (QED) is 0.637. The van der Waals surface area contributed by atoms with Crippen LogP contribution in [-0.2, 0) is 10.0 Å². The van der Waals surface area contributed by atoms with E-state index >= 15 is 0 Å². The first-order chi connectivity index (χ1) is 10.8. The first-order valence-corrected chi connectivity index (χ1v) is 8.79. The number of hydrogen-bond donors (Lipinski definition) is 1. The van der Waals surface area contributed by atoms with Crippen LogP contribution in [0, 0.1) is 16.0 Å². The molecule has 9 heteroatoms. The number of nitro groups is 1. The Balaban J connectivity index is 2.27. The van der Waals surface area contributed by atoms with E-state index in [1.807, 2.05) is 6.92 Å². The molecule has 0 saturated carbocycles. The van der Waals surface area contributed by atoms with Gasteiger partial charge in [0.05, 0.1) is 16.9 Å². The van der Waals surface area contributed by atoms with Crippen LogP contribution < -0.4 is 10.5 Å². The molecular formula is C14H21N3O5S. The van der Waals surface area contributed by atoms with Gasteiger partial charge in [0.15, 0.2) is 5.75 Å². The number of benzene rings is 1. The Hall–Kier alpha value is -1.71. The summed E-state index contributed by atoms with van der Waals surface area (Å²) in [6, 6.07) is 3.71. The largest absolute Gasteiger partial charge is 0.490 e. The van der Waals surface area contributed by atoms with Gasteiger partial charge in [0.25, 0.3) is 0 Å². The van der Waals surface area contributed by atoms with E-state index in [2.05, 4.69) is 0 Å². The van der Waals surface area contributed by atoms with E-state index in [-0.39, 0.29) is 22.4 Å². The van der Waals surface area contributed by atoms with E-state index in [0.29, 0.717) is 31.8 Å². The van der Waals surface area contributed by atoms with Gasteiger partial charge in [-0.2, -0.15) is 4.31 Å². The SMILES string of the molecule is COc1ccc(S(=O)(=O)N2CCC(C(C)N)CC2)cc1[N+](=O)[O-]. The summed E-state index contributed by atoms with van der Waals surface area (Å²) in [7, 11) is -2.46. The number of nitrogens with two attached hydrogens (primary N) is 1. The maximum absolute atomic E-state index is 12.7. The number of nitro benzene ring substituents is 1. The number of rotatable bonds is 5. The van der Waals surface area contributed by atoms with E-state index < -0.39 is 14.9 Å². The van der Waals surface area contributed by atoms with E-state index in [0.717, 1.165) is 6.07 Å². The van der Waals surface area contributed by atoms with Crippen LogP contribution in [0.25, 0.3) is 0 Å². The zero-order valence-corrected chi connectivity index (χ0v) is 14.0. The number of methoxy groups -OCH3 is 1. The lowest BCUT2D eigenvalue weighted by molar-refractivity contribution is -0.386. The maximum Gasteiger partial charge on any atom is 0.312 e. The Morgan fingerprint density at radius 1 is 1.39 bits per heavy atom. The molecule has 1 aliphatic rings. The molecule has 0 radical (unpaired) electrons. The third kappa shape index (κ3) is 3.62. The summed E-state index contributed by atoms with van der Waals surface area (Å²) in [5.41, 5.74) is 5.50. The topological polar surface area (TPSA) is 116 Å². The average molecular weight is 343 g/mol. The van der Waals surface area contributed by atoms with Crippen LogP contribution in [0.5, 0.6) is 5.75 Å². The van der Waals surface area contributed by atoms with Crippen molar-refractivity contribution < 1.29 is 18.1 Å². The lowest BCUT2D eigenvalue weighted by Gasteiger charge is -2.32. The Morgan fingerprint density at radius 2 is 2.00 bits per heavy atom.